The van der Waals surface area contributed by atoms with Crippen LogP contribution >= 0.6 is 0 Å². The van der Waals surface area contributed by atoms with E-state index in [0.29, 0.717) is 18.2 Å². The average molecular weight is 422 g/mol. The lowest BCUT2D eigenvalue weighted by molar-refractivity contribution is -0.118. The molecule has 10 nitrogen and oxygen atoms in total. The topological polar surface area (TPSA) is 124 Å². The van der Waals surface area contributed by atoms with E-state index >= 15 is 0 Å². The van der Waals surface area contributed by atoms with Crippen LogP contribution in [0, 0.1) is 6.92 Å². The third-order valence-electron chi connectivity index (χ3n) is 5.58. The Bertz CT molecular complexity index is 1200. The van der Waals surface area contributed by atoms with Gasteiger partial charge in [-0.15, -0.1) is 0 Å². The molecule has 3 aromatic heterocycles. The molecule has 0 fully saturated rings. The molecule has 1 aliphatic heterocycles. The zero-order chi connectivity index (χ0) is 21.4. The molecule has 5 rings (SSSR count). The first-order chi connectivity index (χ1) is 15.1. The minimum Gasteiger partial charge on any atom is -0.465 e. The summed E-state index contributed by atoms with van der Waals surface area (Å²) in [6.07, 6.45) is 8.36. The second-order valence-electron chi connectivity index (χ2n) is 7.75. The van der Waals surface area contributed by atoms with Gasteiger partial charge in [0.1, 0.15) is 5.76 Å². The van der Waals surface area contributed by atoms with Crippen molar-refractivity contribution in [3.63, 3.8) is 0 Å². The Hall–Kier alpha value is -3.53. The molecule has 1 atom stereocenters. The fourth-order valence-corrected chi connectivity index (χ4v) is 4.05. The highest BCUT2D eigenvalue weighted by molar-refractivity contribution is 5.93. The van der Waals surface area contributed by atoms with Crippen LogP contribution < -0.4 is 21.1 Å². The molecule has 1 amide bonds. The third-order valence-corrected chi connectivity index (χ3v) is 5.58. The van der Waals surface area contributed by atoms with Gasteiger partial charge in [0.15, 0.2) is 18.2 Å². The Morgan fingerprint density at radius 3 is 3.06 bits per heavy atom. The highest BCUT2D eigenvalue weighted by Crippen LogP contribution is 2.24. The van der Waals surface area contributed by atoms with Gasteiger partial charge in [-0.05, 0) is 49.9 Å². The van der Waals surface area contributed by atoms with Gasteiger partial charge in [0.25, 0.3) is 11.8 Å². The van der Waals surface area contributed by atoms with Crippen LogP contribution in [0.15, 0.2) is 33.9 Å². The van der Waals surface area contributed by atoms with Crippen molar-refractivity contribution >= 4 is 11.7 Å². The Morgan fingerprint density at radius 1 is 1.29 bits per heavy atom. The molecule has 0 saturated heterocycles. The first-order valence-corrected chi connectivity index (χ1v) is 10.2. The number of nitrogens with zero attached hydrogens (tertiary/aromatic N) is 4. The van der Waals surface area contributed by atoms with Crippen LogP contribution in [-0.4, -0.2) is 44.6 Å². The van der Waals surface area contributed by atoms with E-state index in [2.05, 4.69) is 38.6 Å². The number of carbonyl (C=O) groups is 1. The summed E-state index contributed by atoms with van der Waals surface area (Å²) in [4.78, 5) is 36.5. The Balaban J connectivity index is 1.18. The normalized spacial score (nSPS) is 17.1. The number of anilines is 1. The summed E-state index contributed by atoms with van der Waals surface area (Å²) in [7, 11) is 0. The number of hydrogen-bond acceptors (Lipinski definition) is 8. The number of carbonyl (C=O) groups excluding carboxylic acids is 1. The summed E-state index contributed by atoms with van der Waals surface area (Å²) < 4.78 is 11.8. The summed E-state index contributed by atoms with van der Waals surface area (Å²) in [6, 6.07) is 2.51. The van der Waals surface area contributed by atoms with Gasteiger partial charge in [0.05, 0.1) is 12.4 Å². The van der Waals surface area contributed by atoms with Gasteiger partial charge in [-0.1, -0.05) is 0 Å². The van der Waals surface area contributed by atoms with Crippen molar-refractivity contribution in [1.82, 2.24) is 24.8 Å². The van der Waals surface area contributed by atoms with E-state index in [0.717, 1.165) is 31.5 Å². The summed E-state index contributed by atoms with van der Waals surface area (Å²) >= 11 is 0. The molecule has 0 saturated carbocycles. The molecule has 2 aliphatic rings. The van der Waals surface area contributed by atoms with Gasteiger partial charge in [0, 0.05) is 24.4 Å². The van der Waals surface area contributed by atoms with Crippen molar-refractivity contribution in [1.29, 1.82) is 0 Å². The van der Waals surface area contributed by atoms with E-state index in [1.54, 1.807) is 6.20 Å². The molecule has 4 heterocycles. The Morgan fingerprint density at radius 2 is 2.19 bits per heavy atom. The largest absolute Gasteiger partial charge is 0.465 e. The molecule has 0 bridgehead atoms. The summed E-state index contributed by atoms with van der Waals surface area (Å²) in [5.74, 6) is 0.386. The SMILES string of the molecule is Cc1nccc2c1CC(NCCCc1cn(-c3cnc4c(n3)NC(=O)CO4)c(=O)o1)C2. The zero-order valence-corrected chi connectivity index (χ0v) is 17.1. The number of aryl methyl sites for hydroxylation is 2. The van der Waals surface area contributed by atoms with Gasteiger partial charge in [-0.2, -0.15) is 0 Å². The Kier molecular flexibility index (Phi) is 4.99. The molecule has 160 valence electrons. The monoisotopic (exact) mass is 422 g/mol. The highest BCUT2D eigenvalue weighted by Gasteiger charge is 2.23. The molecule has 0 radical (unpaired) electrons. The number of hydrogen-bond donors (Lipinski definition) is 2. The molecule has 2 N–H and O–H groups in total. The number of fused-ring (bicyclic) bond motifs is 2. The van der Waals surface area contributed by atoms with Crippen LogP contribution in [0.3, 0.4) is 0 Å². The molecular formula is C21H22N6O4. The minimum absolute atomic E-state index is 0.103. The lowest BCUT2D eigenvalue weighted by Gasteiger charge is -2.15. The first-order valence-electron chi connectivity index (χ1n) is 10.2. The van der Waals surface area contributed by atoms with Crippen LogP contribution in [0.4, 0.5) is 5.82 Å². The Labute approximate surface area is 177 Å². The van der Waals surface area contributed by atoms with Gasteiger partial charge in [0.2, 0.25) is 0 Å². The van der Waals surface area contributed by atoms with E-state index in [4.69, 9.17) is 9.15 Å². The van der Waals surface area contributed by atoms with E-state index in [1.807, 2.05) is 6.20 Å². The molecule has 10 heteroatoms. The lowest BCUT2D eigenvalue weighted by Crippen LogP contribution is -2.30. The summed E-state index contributed by atoms with van der Waals surface area (Å²) in [6.45, 7) is 2.78. The second kappa shape index (κ2) is 7.95. The predicted octanol–water partition coefficient (Wildman–Crippen LogP) is 0.944. The van der Waals surface area contributed by atoms with Crippen molar-refractivity contribution in [2.24, 2.45) is 0 Å². The fraction of sp³-hybridized carbons (Fsp3) is 0.381. The van der Waals surface area contributed by atoms with Crippen molar-refractivity contribution in [3.05, 3.63) is 57.8 Å². The number of aromatic nitrogens is 4. The van der Waals surface area contributed by atoms with Gasteiger partial charge in [-0.3, -0.25) is 9.78 Å². The number of rotatable bonds is 6. The smallest absolute Gasteiger partial charge is 0.425 e. The fourth-order valence-electron chi connectivity index (χ4n) is 4.05. The first kappa shape index (κ1) is 19.4. The summed E-state index contributed by atoms with van der Waals surface area (Å²) in [5, 5.41) is 6.17. The van der Waals surface area contributed by atoms with Gasteiger partial charge >= 0.3 is 5.76 Å². The standard InChI is InChI=1S/C21H22N6O4/c1-12-16-8-14(7-13(16)4-6-22-12)23-5-2-3-15-10-27(21(29)31-15)17-9-24-20-19(25-17)26-18(28)11-30-20/h4,6,9-10,14,23H,2-3,5,7-8,11H2,1H3,(H,25,26,28). The van der Waals surface area contributed by atoms with E-state index in [9.17, 15) is 9.59 Å². The van der Waals surface area contributed by atoms with Crippen molar-refractivity contribution in [2.75, 3.05) is 18.5 Å². The number of pyridine rings is 1. The zero-order valence-electron chi connectivity index (χ0n) is 17.1. The van der Waals surface area contributed by atoms with Crippen LogP contribution in [0.5, 0.6) is 5.88 Å². The summed E-state index contributed by atoms with van der Waals surface area (Å²) in [5.41, 5.74) is 3.85. The minimum atomic E-state index is -0.547. The van der Waals surface area contributed by atoms with Crippen LogP contribution in [-0.2, 0) is 24.1 Å². The third kappa shape index (κ3) is 3.93. The van der Waals surface area contributed by atoms with Gasteiger partial charge < -0.3 is 19.8 Å². The highest BCUT2D eigenvalue weighted by atomic mass is 16.5. The molecular weight excluding hydrogens is 400 g/mol. The van der Waals surface area contributed by atoms with Crippen LogP contribution in [0.2, 0.25) is 0 Å². The molecule has 1 unspecified atom stereocenters. The van der Waals surface area contributed by atoms with E-state index < -0.39 is 5.76 Å². The van der Waals surface area contributed by atoms with Crippen LogP contribution in [0.1, 0.15) is 29.0 Å². The number of nitrogens with one attached hydrogen (secondary N) is 2. The van der Waals surface area contributed by atoms with Gasteiger partial charge in [-0.25, -0.2) is 19.3 Å². The lowest BCUT2D eigenvalue weighted by atomic mass is 10.1. The maximum atomic E-state index is 12.3. The number of amides is 1. The number of ether oxygens (including phenoxy) is 1. The molecule has 31 heavy (non-hydrogen) atoms. The quantitative estimate of drug-likeness (QED) is 0.563. The molecule has 1 aliphatic carbocycles. The van der Waals surface area contributed by atoms with Crippen LogP contribution in [0.25, 0.3) is 5.82 Å². The van der Waals surface area contributed by atoms with E-state index in [-0.39, 0.29) is 30.0 Å². The molecule has 0 aromatic carbocycles. The maximum Gasteiger partial charge on any atom is 0.425 e. The predicted molar refractivity (Wildman–Crippen MR) is 111 cm³/mol. The van der Waals surface area contributed by atoms with Crippen molar-refractivity contribution in [3.8, 4) is 11.7 Å². The van der Waals surface area contributed by atoms with Crippen molar-refractivity contribution < 1.29 is 13.9 Å². The average Bonchev–Trinajstić information content (AvgIpc) is 3.34. The van der Waals surface area contributed by atoms with Crippen molar-refractivity contribution in [2.45, 2.75) is 38.6 Å². The molecule has 0 spiro atoms. The molecule has 3 aromatic rings. The second-order valence-corrected chi connectivity index (χ2v) is 7.75. The maximum absolute atomic E-state index is 12.3. The van der Waals surface area contributed by atoms with E-state index in [1.165, 1.54) is 21.9 Å². The number of oxazole rings is 1.